The Morgan fingerprint density at radius 2 is 1.92 bits per heavy atom. The summed E-state index contributed by atoms with van der Waals surface area (Å²) in [4.78, 5) is 20.3. The molecule has 74 valence electrons. The average molecular weight is 188 g/mol. The molecule has 0 bridgehead atoms. The Morgan fingerprint density at radius 1 is 1.31 bits per heavy atom. The van der Waals surface area contributed by atoms with E-state index in [1.165, 1.54) is 0 Å². The van der Waals surface area contributed by atoms with Crippen LogP contribution in [0.5, 0.6) is 0 Å². The molecule has 8 heteroatoms. The summed E-state index contributed by atoms with van der Waals surface area (Å²) in [5.74, 6) is 0. The maximum atomic E-state index is 10.2. The fraction of sp³-hybridized carbons (Fsp3) is 0.400. The number of hydrogen-bond acceptors (Lipinski definition) is 4. The predicted octanol–water partition coefficient (Wildman–Crippen LogP) is -1.80. The first-order valence-electron chi connectivity index (χ1n) is 3.39. The van der Waals surface area contributed by atoms with E-state index in [4.69, 9.17) is 11.5 Å². The molecule has 0 aromatic heterocycles. The maximum Gasteiger partial charge on any atom is 0.332 e. The van der Waals surface area contributed by atoms with Crippen LogP contribution in [0.25, 0.3) is 0 Å². The number of hydrazine groups is 1. The molecule has 4 amide bonds. The van der Waals surface area contributed by atoms with Crippen molar-refractivity contribution in [2.45, 2.75) is 6.92 Å². The van der Waals surface area contributed by atoms with E-state index in [9.17, 15) is 9.59 Å². The van der Waals surface area contributed by atoms with Crippen LogP contribution in [0, 0.1) is 0 Å². The second kappa shape index (κ2) is 5.77. The highest BCUT2D eigenvalue weighted by molar-refractivity contribution is 5.85. The van der Waals surface area contributed by atoms with Gasteiger partial charge in [-0.05, 0) is 6.92 Å². The lowest BCUT2D eigenvalue weighted by atomic mass is 10.4. The summed E-state index contributed by atoms with van der Waals surface area (Å²) in [6.07, 6.45) is 0. The lowest BCUT2D eigenvalue weighted by molar-refractivity contribution is 0.245. The van der Waals surface area contributed by atoms with Crippen molar-refractivity contribution in [2.24, 2.45) is 16.6 Å². The Balaban J connectivity index is 3.61. The van der Waals surface area contributed by atoms with Crippen molar-refractivity contribution < 1.29 is 9.59 Å². The van der Waals surface area contributed by atoms with Gasteiger partial charge in [0.15, 0.2) is 0 Å². The van der Waals surface area contributed by atoms with Crippen molar-refractivity contribution >= 4 is 17.8 Å². The molecule has 0 radical (unpaired) electrons. The fourth-order valence-electron chi connectivity index (χ4n) is 0.449. The monoisotopic (exact) mass is 188 g/mol. The van der Waals surface area contributed by atoms with Gasteiger partial charge < -0.3 is 11.5 Å². The SMILES string of the molecule is C/C(CNNC(N)=O)=N/NC(N)=O. The zero-order chi connectivity index (χ0) is 10.3. The van der Waals surface area contributed by atoms with Crippen LogP contribution in [0.15, 0.2) is 5.10 Å². The molecular formula is C5H12N6O2. The summed E-state index contributed by atoms with van der Waals surface area (Å²) in [6.45, 7) is 1.88. The number of carbonyl (C=O) groups is 2. The van der Waals surface area contributed by atoms with Gasteiger partial charge >= 0.3 is 12.1 Å². The minimum absolute atomic E-state index is 0.253. The minimum atomic E-state index is -0.748. The zero-order valence-electron chi connectivity index (χ0n) is 7.13. The van der Waals surface area contributed by atoms with Crippen molar-refractivity contribution in [3.05, 3.63) is 0 Å². The van der Waals surface area contributed by atoms with Crippen LogP contribution in [0.3, 0.4) is 0 Å². The van der Waals surface area contributed by atoms with Crippen molar-refractivity contribution in [2.75, 3.05) is 6.54 Å². The molecule has 0 unspecified atom stereocenters. The highest BCUT2D eigenvalue weighted by atomic mass is 16.2. The molecule has 0 spiro atoms. The second-order valence-corrected chi connectivity index (χ2v) is 2.17. The summed E-state index contributed by atoms with van der Waals surface area (Å²) >= 11 is 0. The van der Waals surface area contributed by atoms with Crippen LogP contribution in [0.1, 0.15) is 6.92 Å². The zero-order valence-corrected chi connectivity index (χ0v) is 7.13. The number of nitrogens with two attached hydrogens (primary N) is 2. The highest BCUT2D eigenvalue weighted by Gasteiger charge is 1.93. The Kier molecular flexibility index (Phi) is 4.96. The summed E-state index contributed by atoms with van der Waals surface area (Å²) < 4.78 is 0. The summed E-state index contributed by atoms with van der Waals surface area (Å²) in [5, 5.41) is 3.56. The number of primary amides is 2. The van der Waals surface area contributed by atoms with E-state index in [1.54, 1.807) is 6.92 Å². The van der Waals surface area contributed by atoms with E-state index in [2.05, 4.69) is 16.0 Å². The van der Waals surface area contributed by atoms with Crippen LogP contribution >= 0.6 is 0 Å². The topological polar surface area (TPSA) is 135 Å². The lowest BCUT2D eigenvalue weighted by Gasteiger charge is -2.03. The quantitative estimate of drug-likeness (QED) is 0.263. The smallest absolute Gasteiger partial charge is 0.332 e. The lowest BCUT2D eigenvalue weighted by Crippen LogP contribution is -2.43. The minimum Gasteiger partial charge on any atom is -0.351 e. The molecule has 13 heavy (non-hydrogen) atoms. The van der Waals surface area contributed by atoms with Gasteiger partial charge in [0.25, 0.3) is 0 Å². The summed E-state index contributed by atoms with van der Waals surface area (Å²) in [5.41, 5.74) is 16.7. The molecule has 0 rings (SSSR count). The first kappa shape index (κ1) is 11.2. The van der Waals surface area contributed by atoms with Gasteiger partial charge in [0.05, 0.1) is 12.3 Å². The molecular weight excluding hydrogens is 176 g/mol. The van der Waals surface area contributed by atoms with Crippen molar-refractivity contribution in [3.8, 4) is 0 Å². The van der Waals surface area contributed by atoms with Crippen LogP contribution in [-0.2, 0) is 0 Å². The van der Waals surface area contributed by atoms with E-state index in [0.29, 0.717) is 5.71 Å². The van der Waals surface area contributed by atoms with Crippen molar-refractivity contribution in [1.82, 2.24) is 16.3 Å². The van der Waals surface area contributed by atoms with Crippen molar-refractivity contribution in [1.29, 1.82) is 0 Å². The number of rotatable bonds is 4. The summed E-state index contributed by atoms with van der Waals surface area (Å²) in [6, 6.07) is -1.45. The molecule has 0 saturated carbocycles. The largest absolute Gasteiger partial charge is 0.351 e. The number of carbonyl (C=O) groups excluding carboxylic acids is 2. The Hall–Kier alpha value is -1.83. The van der Waals surface area contributed by atoms with Gasteiger partial charge in [-0.2, -0.15) is 5.10 Å². The van der Waals surface area contributed by atoms with Crippen LogP contribution < -0.4 is 27.7 Å². The predicted molar refractivity (Wildman–Crippen MR) is 46.5 cm³/mol. The molecule has 8 nitrogen and oxygen atoms in total. The number of hydrazone groups is 1. The van der Waals surface area contributed by atoms with E-state index in [1.807, 2.05) is 5.43 Å². The molecule has 0 aliphatic rings. The van der Waals surface area contributed by atoms with Gasteiger partial charge in [-0.25, -0.2) is 20.4 Å². The molecule has 0 fully saturated rings. The standard InChI is InChI=1S/C5H12N6O2/c1-3(9-11-5(7)13)2-8-10-4(6)12/h8H,2H2,1H3,(H3,6,10,12)(H3,7,11,13)/b9-3-. The van der Waals surface area contributed by atoms with Crippen molar-refractivity contribution in [3.63, 3.8) is 0 Å². The molecule has 0 aliphatic carbocycles. The molecule has 0 aromatic rings. The highest BCUT2D eigenvalue weighted by Crippen LogP contribution is 1.70. The van der Waals surface area contributed by atoms with Crippen LogP contribution in [0.4, 0.5) is 9.59 Å². The third kappa shape index (κ3) is 8.07. The Labute approximate surface area is 74.7 Å². The third-order valence-corrected chi connectivity index (χ3v) is 0.913. The van der Waals surface area contributed by atoms with E-state index < -0.39 is 12.1 Å². The van der Waals surface area contributed by atoms with Gasteiger partial charge in [-0.15, -0.1) is 0 Å². The molecule has 0 saturated heterocycles. The van der Waals surface area contributed by atoms with Gasteiger partial charge in [-0.3, -0.25) is 5.43 Å². The van der Waals surface area contributed by atoms with Gasteiger partial charge in [0.2, 0.25) is 0 Å². The van der Waals surface area contributed by atoms with E-state index in [-0.39, 0.29) is 6.54 Å². The number of urea groups is 2. The molecule has 0 aromatic carbocycles. The van der Waals surface area contributed by atoms with Gasteiger partial charge in [0.1, 0.15) is 0 Å². The molecule has 0 atom stereocenters. The average Bonchev–Trinajstić information content (AvgIpc) is 2.00. The first-order valence-corrected chi connectivity index (χ1v) is 3.39. The second-order valence-electron chi connectivity index (χ2n) is 2.17. The first-order chi connectivity index (χ1) is 6.02. The van der Waals surface area contributed by atoms with Crippen LogP contribution in [0.2, 0.25) is 0 Å². The Morgan fingerprint density at radius 3 is 2.38 bits per heavy atom. The molecule has 0 heterocycles. The third-order valence-electron chi connectivity index (χ3n) is 0.913. The summed E-state index contributed by atoms with van der Waals surface area (Å²) in [7, 11) is 0. The Bertz CT molecular complexity index is 225. The normalized spacial score (nSPS) is 10.7. The fourth-order valence-corrected chi connectivity index (χ4v) is 0.449. The molecule has 7 N–H and O–H groups in total. The van der Waals surface area contributed by atoms with Crippen LogP contribution in [-0.4, -0.2) is 24.3 Å². The molecule has 0 aliphatic heterocycles. The van der Waals surface area contributed by atoms with E-state index >= 15 is 0 Å². The number of nitrogens with one attached hydrogen (secondary N) is 3. The number of hydrogen-bond donors (Lipinski definition) is 5. The number of amides is 4. The van der Waals surface area contributed by atoms with Gasteiger partial charge in [-0.1, -0.05) is 0 Å². The maximum absolute atomic E-state index is 10.2. The van der Waals surface area contributed by atoms with E-state index in [0.717, 1.165) is 0 Å². The number of nitrogens with zero attached hydrogens (tertiary/aromatic N) is 1. The van der Waals surface area contributed by atoms with Gasteiger partial charge in [0, 0.05) is 0 Å².